The number of rotatable bonds is 3. The Morgan fingerprint density at radius 1 is 1.44 bits per heavy atom. The maximum Gasteiger partial charge on any atom is 0.0697 e. The molecule has 0 saturated carbocycles. The number of aryl methyl sites for hydroxylation is 1. The number of thiophene rings is 1. The van der Waals surface area contributed by atoms with Crippen LogP contribution in [-0.4, -0.2) is 12.0 Å². The van der Waals surface area contributed by atoms with E-state index in [1.165, 1.54) is 10.4 Å². The number of nitrogens with one attached hydrogen (secondary N) is 1. The van der Waals surface area contributed by atoms with E-state index in [2.05, 4.69) is 43.7 Å². The molecule has 0 saturated heterocycles. The van der Waals surface area contributed by atoms with Gasteiger partial charge in [0.2, 0.25) is 0 Å². The molecule has 1 atom stereocenters. The molecule has 2 rings (SSSR count). The van der Waals surface area contributed by atoms with Crippen LogP contribution in [0, 0.1) is 6.92 Å². The van der Waals surface area contributed by atoms with Gasteiger partial charge in [0, 0.05) is 21.2 Å². The topological polar surface area (TPSA) is 24.9 Å². The Kier molecular flexibility index (Phi) is 3.74. The lowest BCUT2D eigenvalue weighted by Gasteiger charge is -2.17. The highest BCUT2D eigenvalue weighted by Gasteiger charge is 2.18. The highest BCUT2D eigenvalue weighted by molar-refractivity contribution is 9.10. The van der Waals surface area contributed by atoms with Gasteiger partial charge in [0.25, 0.3) is 0 Å². The zero-order valence-corrected chi connectivity index (χ0v) is 11.6. The minimum atomic E-state index is 0.211. The van der Waals surface area contributed by atoms with Crippen molar-refractivity contribution in [2.75, 3.05) is 7.05 Å². The average Bonchev–Trinajstić information content (AvgIpc) is 2.69. The van der Waals surface area contributed by atoms with Crippen LogP contribution in [0.15, 0.2) is 34.2 Å². The molecule has 0 aliphatic heterocycles. The van der Waals surface area contributed by atoms with Gasteiger partial charge in [-0.2, -0.15) is 0 Å². The summed E-state index contributed by atoms with van der Waals surface area (Å²) >= 11 is 5.33. The van der Waals surface area contributed by atoms with E-state index in [-0.39, 0.29) is 6.04 Å². The first-order valence-corrected chi connectivity index (χ1v) is 6.73. The van der Waals surface area contributed by atoms with E-state index < -0.39 is 0 Å². The Morgan fingerprint density at radius 2 is 2.25 bits per heavy atom. The van der Waals surface area contributed by atoms with Crippen molar-refractivity contribution in [1.29, 1.82) is 0 Å². The number of nitrogens with zero attached hydrogens (tertiary/aromatic N) is 1. The molecule has 84 valence electrons. The van der Waals surface area contributed by atoms with Crippen LogP contribution < -0.4 is 5.32 Å². The fraction of sp³-hybridized carbons (Fsp3) is 0.250. The molecule has 0 radical (unpaired) electrons. The van der Waals surface area contributed by atoms with E-state index in [0.29, 0.717) is 0 Å². The lowest BCUT2D eigenvalue weighted by Crippen LogP contribution is -2.18. The lowest BCUT2D eigenvalue weighted by atomic mass is 10.0. The van der Waals surface area contributed by atoms with Crippen LogP contribution in [-0.2, 0) is 0 Å². The van der Waals surface area contributed by atoms with Crippen molar-refractivity contribution in [1.82, 2.24) is 10.3 Å². The quantitative estimate of drug-likeness (QED) is 0.937. The first-order chi connectivity index (χ1) is 7.74. The monoisotopic (exact) mass is 296 g/mol. The molecule has 0 bridgehead atoms. The first-order valence-electron chi connectivity index (χ1n) is 5.05. The van der Waals surface area contributed by atoms with Crippen LogP contribution in [0.2, 0.25) is 0 Å². The Hall–Kier alpha value is -0.710. The molecule has 0 amide bonds. The van der Waals surface area contributed by atoms with Gasteiger partial charge in [-0.05, 0) is 53.0 Å². The van der Waals surface area contributed by atoms with E-state index in [0.717, 1.165) is 10.2 Å². The van der Waals surface area contributed by atoms with Crippen molar-refractivity contribution in [2.45, 2.75) is 13.0 Å². The fourth-order valence-corrected chi connectivity index (χ4v) is 3.47. The number of hydrogen-bond donors (Lipinski definition) is 1. The molecular weight excluding hydrogens is 284 g/mol. The molecule has 4 heteroatoms. The molecule has 2 heterocycles. The molecule has 1 unspecified atom stereocenters. The third kappa shape index (κ3) is 2.19. The largest absolute Gasteiger partial charge is 0.309 e. The van der Waals surface area contributed by atoms with Crippen LogP contribution in [0.5, 0.6) is 0 Å². The van der Waals surface area contributed by atoms with Crippen molar-refractivity contribution >= 4 is 27.3 Å². The summed E-state index contributed by atoms with van der Waals surface area (Å²) in [6.07, 6.45) is 1.83. The molecule has 0 aliphatic rings. The van der Waals surface area contributed by atoms with Gasteiger partial charge in [0.05, 0.1) is 6.04 Å². The minimum absolute atomic E-state index is 0.211. The van der Waals surface area contributed by atoms with Gasteiger partial charge in [-0.3, -0.25) is 4.98 Å². The van der Waals surface area contributed by atoms with E-state index in [1.807, 2.05) is 26.2 Å². The Bertz CT molecular complexity index is 481. The molecule has 0 fully saturated rings. The summed E-state index contributed by atoms with van der Waals surface area (Å²) in [4.78, 5) is 5.63. The molecule has 0 aromatic carbocycles. The van der Waals surface area contributed by atoms with E-state index in [1.54, 1.807) is 11.3 Å². The molecule has 0 aliphatic carbocycles. The van der Waals surface area contributed by atoms with Crippen molar-refractivity contribution in [2.24, 2.45) is 0 Å². The summed E-state index contributed by atoms with van der Waals surface area (Å²) in [6, 6.07) is 6.39. The summed E-state index contributed by atoms with van der Waals surface area (Å²) in [6.45, 7) is 2.04. The van der Waals surface area contributed by atoms with E-state index in [9.17, 15) is 0 Å². The van der Waals surface area contributed by atoms with E-state index in [4.69, 9.17) is 0 Å². The molecule has 1 N–H and O–H groups in total. The number of hydrogen-bond acceptors (Lipinski definition) is 3. The van der Waals surface area contributed by atoms with Crippen LogP contribution in [0.3, 0.4) is 0 Å². The smallest absolute Gasteiger partial charge is 0.0697 e. The summed E-state index contributed by atoms with van der Waals surface area (Å²) in [5.41, 5.74) is 2.30. The molecule has 0 spiro atoms. The molecule has 2 nitrogen and oxygen atoms in total. The summed E-state index contributed by atoms with van der Waals surface area (Å²) in [5, 5.41) is 5.44. The van der Waals surface area contributed by atoms with E-state index >= 15 is 0 Å². The molecular formula is C12H13BrN2S. The van der Waals surface area contributed by atoms with Gasteiger partial charge in [-0.1, -0.05) is 6.07 Å². The average molecular weight is 297 g/mol. The number of halogens is 1. The van der Waals surface area contributed by atoms with Crippen LogP contribution in [0.4, 0.5) is 0 Å². The first kappa shape index (κ1) is 11.8. The van der Waals surface area contributed by atoms with Crippen molar-refractivity contribution < 1.29 is 0 Å². The normalized spacial score (nSPS) is 12.7. The highest BCUT2D eigenvalue weighted by Crippen LogP contribution is 2.33. The second kappa shape index (κ2) is 5.08. The predicted molar refractivity (Wildman–Crippen MR) is 71.9 cm³/mol. The van der Waals surface area contributed by atoms with Gasteiger partial charge in [0.15, 0.2) is 0 Å². The number of aromatic nitrogens is 1. The second-order valence-corrected chi connectivity index (χ2v) is 5.33. The summed E-state index contributed by atoms with van der Waals surface area (Å²) in [5.74, 6) is 0. The standard InChI is InChI=1S/C12H13BrN2S/c1-8-9(4-3-6-15-8)11(14-2)12-10(13)5-7-16-12/h3-7,11,14H,1-2H3. The van der Waals surface area contributed by atoms with Crippen LogP contribution in [0.1, 0.15) is 22.2 Å². The number of pyridine rings is 1. The van der Waals surface area contributed by atoms with Crippen molar-refractivity contribution in [3.8, 4) is 0 Å². The Morgan fingerprint density at radius 3 is 2.81 bits per heavy atom. The third-order valence-corrected chi connectivity index (χ3v) is 4.49. The zero-order valence-electron chi connectivity index (χ0n) is 9.20. The van der Waals surface area contributed by atoms with Gasteiger partial charge in [0.1, 0.15) is 0 Å². The molecule has 16 heavy (non-hydrogen) atoms. The summed E-state index contributed by atoms with van der Waals surface area (Å²) < 4.78 is 1.15. The highest BCUT2D eigenvalue weighted by atomic mass is 79.9. The maximum atomic E-state index is 4.34. The lowest BCUT2D eigenvalue weighted by molar-refractivity contribution is 0.692. The zero-order chi connectivity index (χ0) is 11.5. The Balaban J connectivity index is 2.45. The van der Waals surface area contributed by atoms with Crippen molar-refractivity contribution in [3.05, 3.63) is 50.4 Å². The molecule has 2 aromatic rings. The second-order valence-electron chi connectivity index (χ2n) is 3.53. The predicted octanol–water partition coefficient (Wildman–Crippen LogP) is 3.52. The van der Waals surface area contributed by atoms with Gasteiger partial charge < -0.3 is 5.32 Å². The fourth-order valence-electron chi connectivity index (χ4n) is 1.74. The maximum absolute atomic E-state index is 4.34. The van der Waals surface area contributed by atoms with Crippen LogP contribution >= 0.6 is 27.3 Å². The molecule has 2 aromatic heterocycles. The minimum Gasteiger partial charge on any atom is -0.309 e. The van der Waals surface area contributed by atoms with Gasteiger partial charge in [-0.15, -0.1) is 11.3 Å². The third-order valence-electron chi connectivity index (χ3n) is 2.55. The van der Waals surface area contributed by atoms with Crippen molar-refractivity contribution in [3.63, 3.8) is 0 Å². The SMILES string of the molecule is CNC(c1cccnc1C)c1sccc1Br. The Labute approximate surface area is 108 Å². The van der Waals surface area contributed by atoms with Gasteiger partial charge >= 0.3 is 0 Å². The van der Waals surface area contributed by atoms with Crippen LogP contribution in [0.25, 0.3) is 0 Å². The van der Waals surface area contributed by atoms with Gasteiger partial charge in [-0.25, -0.2) is 0 Å². The summed E-state index contributed by atoms with van der Waals surface area (Å²) in [7, 11) is 1.98.